The summed E-state index contributed by atoms with van der Waals surface area (Å²) in [6.45, 7) is 8.28. The van der Waals surface area contributed by atoms with Crippen LogP contribution in [0, 0.1) is 6.92 Å². The molecule has 1 aromatic rings. The van der Waals surface area contributed by atoms with Crippen molar-refractivity contribution >= 4 is 5.78 Å². The number of hydrogen-bond donors (Lipinski definition) is 0. The van der Waals surface area contributed by atoms with Crippen molar-refractivity contribution in [2.75, 3.05) is 13.1 Å². The summed E-state index contributed by atoms with van der Waals surface area (Å²) >= 11 is 0. The fourth-order valence-electron chi connectivity index (χ4n) is 3.45. The van der Waals surface area contributed by atoms with Gasteiger partial charge in [-0.1, -0.05) is 56.5 Å². The molecule has 0 bridgehead atoms. The van der Waals surface area contributed by atoms with E-state index in [1.165, 1.54) is 18.4 Å². The molecule has 2 heteroatoms. The molecule has 0 radical (unpaired) electrons. The second-order valence-corrected chi connectivity index (χ2v) is 5.61. The highest BCUT2D eigenvalue weighted by molar-refractivity contribution is 6.03. The number of Topliss-reactive ketones (excluding diaryl/α,β-unsaturated/α-hetero) is 1. The van der Waals surface area contributed by atoms with Crippen molar-refractivity contribution in [1.29, 1.82) is 0 Å². The maximum absolute atomic E-state index is 13.0. The minimum absolute atomic E-state index is 0.237. The molecule has 2 nitrogen and oxygen atoms in total. The van der Waals surface area contributed by atoms with Crippen molar-refractivity contribution in [3.8, 4) is 0 Å². The predicted octanol–water partition coefficient (Wildman–Crippen LogP) is 3.83. The van der Waals surface area contributed by atoms with Crippen molar-refractivity contribution in [3.05, 3.63) is 35.4 Å². The van der Waals surface area contributed by atoms with Crippen molar-refractivity contribution < 1.29 is 4.79 Å². The van der Waals surface area contributed by atoms with E-state index in [0.29, 0.717) is 5.78 Å². The Bertz CT molecular complexity index is 425. The standard InChI is InChI=1S/C17H25NO/c1-4-18(5-2)17(12-6-7-13-17)16(19)15-10-8-14(3)9-11-15/h8-11H,4-7,12-13H2,1-3H3. The summed E-state index contributed by atoms with van der Waals surface area (Å²) in [7, 11) is 0. The van der Waals surface area contributed by atoms with E-state index in [0.717, 1.165) is 31.5 Å². The molecule has 0 amide bonds. The van der Waals surface area contributed by atoms with Crippen LogP contribution in [0.15, 0.2) is 24.3 Å². The van der Waals surface area contributed by atoms with Gasteiger partial charge in [0, 0.05) is 5.56 Å². The molecule has 0 saturated heterocycles. The zero-order valence-corrected chi connectivity index (χ0v) is 12.4. The van der Waals surface area contributed by atoms with Gasteiger partial charge in [-0.05, 0) is 32.9 Å². The van der Waals surface area contributed by atoms with Gasteiger partial charge in [-0.3, -0.25) is 9.69 Å². The number of benzene rings is 1. The molecule has 1 fully saturated rings. The molecule has 1 aliphatic rings. The lowest BCUT2D eigenvalue weighted by Crippen LogP contribution is -2.52. The van der Waals surface area contributed by atoms with Gasteiger partial charge in [0.25, 0.3) is 0 Å². The van der Waals surface area contributed by atoms with E-state index >= 15 is 0 Å². The molecule has 0 aromatic heterocycles. The van der Waals surface area contributed by atoms with E-state index in [4.69, 9.17) is 0 Å². The zero-order valence-electron chi connectivity index (χ0n) is 12.4. The molecule has 0 atom stereocenters. The van der Waals surface area contributed by atoms with Gasteiger partial charge in [0.05, 0.1) is 5.54 Å². The minimum atomic E-state index is -0.237. The Hall–Kier alpha value is -1.15. The zero-order chi connectivity index (χ0) is 13.9. The Labute approximate surface area is 116 Å². The highest BCUT2D eigenvalue weighted by Crippen LogP contribution is 2.38. The smallest absolute Gasteiger partial charge is 0.183 e. The van der Waals surface area contributed by atoms with Crippen molar-refractivity contribution in [1.82, 2.24) is 4.90 Å². The number of ketones is 1. The van der Waals surface area contributed by atoms with Crippen LogP contribution in [0.1, 0.15) is 55.5 Å². The largest absolute Gasteiger partial charge is 0.292 e. The summed E-state index contributed by atoms with van der Waals surface area (Å²) < 4.78 is 0. The average molecular weight is 259 g/mol. The van der Waals surface area contributed by atoms with Gasteiger partial charge in [-0.15, -0.1) is 0 Å². The maximum Gasteiger partial charge on any atom is 0.183 e. The second kappa shape index (κ2) is 5.87. The Morgan fingerprint density at radius 1 is 1.11 bits per heavy atom. The van der Waals surface area contributed by atoms with Crippen LogP contribution in [0.2, 0.25) is 0 Å². The SMILES string of the molecule is CCN(CC)C1(C(=O)c2ccc(C)cc2)CCCC1. The Morgan fingerprint density at radius 2 is 1.63 bits per heavy atom. The lowest BCUT2D eigenvalue weighted by Gasteiger charge is -2.39. The highest BCUT2D eigenvalue weighted by atomic mass is 16.1. The number of hydrogen-bond acceptors (Lipinski definition) is 2. The number of rotatable bonds is 5. The molecular formula is C17H25NO. The first-order valence-electron chi connectivity index (χ1n) is 7.50. The normalized spacial score (nSPS) is 17.9. The van der Waals surface area contributed by atoms with Gasteiger partial charge in [0.15, 0.2) is 5.78 Å². The number of carbonyl (C=O) groups excluding carboxylic acids is 1. The van der Waals surface area contributed by atoms with Crippen LogP contribution in [0.25, 0.3) is 0 Å². The third kappa shape index (κ3) is 2.59. The monoisotopic (exact) mass is 259 g/mol. The fourth-order valence-corrected chi connectivity index (χ4v) is 3.45. The van der Waals surface area contributed by atoms with Crippen LogP contribution in [-0.4, -0.2) is 29.3 Å². The summed E-state index contributed by atoms with van der Waals surface area (Å²) in [6, 6.07) is 8.05. The molecule has 1 aliphatic carbocycles. The first-order valence-corrected chi connectivity index (χ1v) is 7.50. The summed E-state index contributed by atoms with van der Waals surface area (Å²) in [5, 5.41) is 0. The van der Waals surface area contributed by atoms with Gasteiger partial charge in [0.1, 0.15) is 0 Å². The number of carbonyl (C=O) groups is 1. The molecule has 19 heavy (non-hydrogen) atoms. The summed E-state index contributed by atoms with van der Waals surface area (Å²) in [6.07, 6.45) is 4.38. The molecule has 0 aliphatic heterocycles. The quantitative estimate of drug-likeness (QED) is 0.749. The number of aryl methyl sites for hydroxylation is 1. The van der Waals surface area contributed by atoms with Crippen molar-refractivity contribution in [2.45, 2.75) is 52.0 Å². The lowest BCUT2D eigenvalue weighted by molar-refractivity contribution is 0.0584. The molecule has 104 valence electrons. The van der Waals surface area contributed by atoms with Crippen LogP contribution >= 0.6 is 0 Å². The van der Waals surface area contributed by atoms with Crippen LogP contribution in [0.4, 0.5) is 0 Å². The third-order valence-corrected chi connectivity index (χ3v) is 4.54. The average Bonchev–Trinajstić information content (AvgIpc) is 2.91. The Kier molecular flexibility index (Phi) is 4.41. The van der Waals surface area contributed by atoms with E-state index in [1.807, 2.05) is 24.3 Å². The summed E-state index contributed by atoms with van der Waals surface area (Å²) in [4.78, 5) is 15.4. The molecular weight excluding hydrogens is 234 g/mol. The van der Waals surface area contributed by atoms with Crippen LogP contribution in [-0.2, 0) is 0 Å². The molecule has 0 unspecified atom stereocenters. The van der Waals surface area contributed by atoms with Gasteiger partial charge in [-0.25, -0.2) is 0 Å². The van der Waals surface area contributed by atoms with Gasteiger partial charge < -0.3 is 0 Å². The van der Waals surface area contributed by atoms with Gasteiger partial charge in [0.2, 0.25) is 0 Å². The molecule has 0 spiro atoms. The summed E-state index contributed by atoms with van der Waals surface area (Å²) in [5.74, 6) is 0.328. The fraction of sp³-hybridized carbons (Fsp3) is 0.588. The lowest BCUT2D eigenvalue weighted by atomic mass is 9.85. The van der Waals surface area contributed by atoms with Crippen molar-refractivity contribution in [3.63, 3.8) is 0 Å². The highest BCUT2D eigenvalue weighted by Gasteiger charge is 2.44. The topological polar surface area (TPSA) is 20.3 Å². The Balaban J connectivity index is 2.33. The number of likely N-dealkylation sites (N-methyl/N-ethyl adjacent to an activating group) is 1. The van der Waals surface area contributed by atoms with Gasteiger partial charge in [-0.2, -0.15) is 0 Å². The third-order valence-electron chi connectivity index (χ3n) is 4.54. The van der Waals surface area contributed by atoms with Crippen LogP contribution in [0.3, 0.4) is 0 Å². The molecule has 0 N–H and O–H groups in total. The minimum Gasteiger partial charge on any atom is -0.292 e. The second-order valence-electron chi connectivity index (χ2n) is 5.61. The number of nitrogens with zero attached hydrogens (tertiary/aromatic N) is 1. The maximum atomic E-state index is 13.0. The molecule has 1 saturated carbocycles. The predicted molar refractivity (Wildman–Crippen MR) is 79.6 cm³/mol. The first-order chi connectivity index (χ1) is 9.14. The molecule has 2 rings (SSSR count). The van der Waals surface area contributed by atoms with Gasteiger partial charge >= 0.3 is 0 Å². The van der Waals surface area contributed by atoms with Crippen LogP contribution in [0.5, 0.6) is 0 Å². The van der Waals surface area contributed by atoms with E-state index in [9.17, 15) is 4.79 Å². The van der Waals surface area contributed by atoms with E-state index in [2.05, 4.69) is 25.7 Å². The molecule has 1 aromatic carbocycles. The van der Waals surface area contributed by atoms with E-state index in [-0.39, 0.29) is 5.54 Å². The summed E-state index contributed by atoms with van der Waals surface area (Å²) in [5.41, 5.74) is 1.85. The van der Waals surface area contributed by atoms with Crippen molar-refractivity contribution in [2.24, 2.45) is 0 Å². The molecule has 0 heterocycles. The first kappa shape index (κ1) is 14.3. The van der Waals surface area contributed by atoms with E-state index < -0.39 is 0 Å². The van der Waals surface area contributed by atoms with Crippen LogP contribution < -0.4 is 0 Å². The van der Waals surface area contributed by atoms with E-state index in [1.54, 1.807) is 0 Å². The Morgan fingerprint density at radius 3 is 2.11 bits per heavy atom.